The van der Waals surface area contributed by atoms with E-state index in [-0.39, 0.29) is 5.78 Å². The van der Waals surface area contributed by atoms with Gasteiger partial charge in [-0.15, -0.1) is 0 Å². The van der Waals surface area contributed by atoms with Crippen LogP contribution in [0.4, 0.5) is 5.69 Å². The third-order valence-electron chi connectivity index (χ3n) is 4.45. The predicted octanol–water partition coefficient (Wildman–Crippen LogP) is 4.29. The monoisotopic (exact) mass is 259 g/mol. The number of carbonyl (C=O) groups is 1. The minimum absolute atomic E-state index is 0.223. The molecular formula is C17H25NO. The Morgan fingerprint density at radius 3 is 2.26 bits per heavy atom. The van der Waals surface area contributed by atoms with Gasteiger partial charge in [-0.1, -0.05) is 13.8 Å². The van der Waals surface area contributed by atoms with Gasteiger partial charge in [0.2, 0.25) is 0 Å². The summed E-state index contributed by atoms with van der Waals surface area (Å²) in [6.45, 7) is 4.26. The van der Waals surface area contributed by atoms with E-state index < -0.39 is 0 Å². The van der Waals surface area contributed by atoms with Crippen molar-refractivity contribution in [1.29, 1.82) is 0 Å². The topological polar surface area (TPSA) is 20.3 Å². The molecule has 19 heavy (non-hydrogen) atoms. The molecule has 0 aliphatic heterocycles. The van der Waals surface area contributed by atoms with Gasteiger partial charge >= 0.3 is 0 Å². The predicted molar refractivity (Wildman–Crippen MR) is 80.9 cm³/mol. The average Bonchev–Trinajstić information content (AvgIpc) is 2.46. The Hall–Kier alpha value is -1.31. The van der Waals surface area contributed by atoms with Gasteiger partial charge in [-0.2, -0.15) is 0 Å². The van der Waals surface area contributed by atoms with Gasteiger partial charge in [0.1, 0.15) is 0 Å². The summed E-state index contributed by atoms with van der Waals surface area (Å²) < 4.78 is 0. The Kier molecular flexibility index (Phi) is 4.62. The number of nitrogens with zero attached hydrogens (tertiary/aromatic N) is 1. The fraction of sp³-hybridized carbons (Fsp3) is 0.588. The second-order valence-corrected chi connectivity index (χ2v) is 5.85. The van der Waals surface area contributed by atoms with Gasteiger partial charge < -0.3 is 4.90 Å². The number of carbonyl (C=O) groups excluding carboxylic acids is 1. The second-order valence-electron chi connectivity index (χ2n) is 5.85. The molecule has 0 heterocycles. The van der Waals surface area contributed by atoms with Crippen LogP contribution in [0.5, 0.6) is 0 Å². The van der Waals surface area contributed by atoms with Crippen molar-refractivity contribution in [3.8, 4) is 0 Å². The summed E-state index contributed by atoms with van der Waals surface area (Å²) >= 11 is 0. The Balaban J connectivity index is 2.03. The van der Waals surface area contributed by atoms with E-state index in [1.807, 2.05) is 19.1 Å². The molecule has 1 fully saturated rings. The molecule has 0 amide bonds. The van der Waals surface area contributed by atoms with Gasteiger partial charge in [-0.3, -0.25) is 4.79 Å². The first-order valence-electron chi connectivity index (χ1n) is 7.48. The van der Waals surface area contributed by atoms with E-state index in [0.29, 0.717) is 12.5 Å². The number of hydrogen-bond donors (Lipinski definition) is 0. The van der Waals surface area contributed by atoms with E-state index in [0.717, 1.165) is 11.5 Å². The van der Waals surface area contributed by atoms with Gasteiger partial charge in [0.25, 0.3) is 0 Å². The molecule has 0 bridgehead atoms. The largest absolute Gasteiger partial charge is 0.372 e. The molecule has 0 saturated heterocycles. The first-order chi connectivity index (χ1) is 9.11. The molecule has 0 aromatic heterocycles. The molecule has 0 atom stereocenters. The minimum atomic E-state index is 0.223. The smallest absolute Gasteiger partial charge is 0.162 e. The lowest BCUT2D eigenvalue weighted by molar-refractivity contribution is 0.0988. The minimum Gasteiger partial charge on any atom is -0.372 e. The summed E-state index contributed by atoms with van der Waals surface area (Å²) in [5, 5.41) is 0. The third-order valence-corrected chi connectivity index (χ3v) is 4.45. The van der Waals surface area contributed by atoms with Crippen LogP contribution in [0.3, 0.4) is 0 Å². The quantitative estimate of drug-likeness (QED) is 0.752. The first-order valence-corrected chi connectivity index (χ1v) is 7.48. The van der Waals surface area contributed by atoms with Crippen LogP contribution in [0, 0.1) is 5.92 Å². The van der Waals surface area contributed by atoms with Gasteiger partial charge in [0.15, 0.2) is 5.78 Å². The molecule has 0 spiro atoms. The highest BCUT2D eigenvalue weighted by atomic mass is 16.1. The highest BCUT2D eigenvalue weighted by molar-refractivity contribution is 5.96. The Morgan fingerprint density at radius 2 is 1.74 bits per heavy atom. The molecule has 104 valence electrons. The SMILES string of the molecule is CCC(=O)c1ccc(N(C)C2CCC(C)CC2)cc1. The summed E-state index contributed by atoms with van der Waals surface area (Å²) in [6.07, 6.45) is 5.82. The summed E-state index contributed by atoms with van der Waals surface area (Å²) in [5.74, 6) is 1.11. The van der Waals surface area contributed by atoms with Crippen molar-refractivity contribution in [1.82, 2.24) is 0 Å². The molecule has 2 nitrogen and oxygen atoms in total. The highest BCUT2D eigenvalue weighted by Gasteiger charge is 2.21. The number of rotatable bonds is 4. The van der Waals surface area contributed by atoms with Crippen LogP contribution in [0.1, 0.15) is 56.3 Å². The normalized spacial score (nSPS) is 23.1. The van der Waals surface area contributed by atoms with E-state index in [4.69, 9.17) is 0 Å². The molecule has 2 heteroatoms. The lowest BCUT2D eigenvalue weighted by Gasteiger charge is -2.35. The fourth-order valence-corrected chi connectivity index (χ4v) is 2.93. The van der Waals surface area contributed by atoms with E-state index >= 15 is 0 Å². The van der Waals surface area contributed by atoms with Crippen molar-refractivity contribution < 1.29 is 4.79 Å². The summed E-state index contributed by atoms with van der Waals surface area (Å²) in [5.41, 5.74) is 2.06. The third kappa shape index (κ3) is 3.37. The van der Waals surface area contributed by atoms with Gasteiger partial charge in [0, 0.05) is 30.8 Å². The molecule has 1 aromatic carbocycles. The van der Waals surface area contributed by atoms with Crippen molar-refractivity contribution in [3.63, 3.8) is 0 Å². The number of anilines is 1. The Labute approximate surface area is 116 Å². The lowest BCUT2D eigenvalue weighted by Crippen LogP contribution is -2.34. The molecule has 2 rings (SSSR count). The summed E-state index contributed by atoms with van der Waals surface area (Å²) in [4.78, 5) is 14.0. The van der Waals surface area contributed by atoms with Crippen molar-refractivity contribution in [3.05, 3.63) is 29.8 Å². The van der Waals surface area contributed by atoms with Gasteiger partial charge in [0.05, 0.1) is 0 Å². The maximum atomic E-state index is 11.6. The van der Waals surface area contributed by atoms with E-state index in [9.17, 15) is 4.79 Å². The number of ketones is 1. The molecule has 1 saturated carbocycles. The maximum Gasteiger partial charge on any atom is 0.162 e. The first kappa shape index (κ1) is 14.1. The van der Waals surface area contributed by atoms with Gasteiger partial charge in [-0.25, -0.2) is 0 Å². The summed E-state index contributed by atoms with van der Waals surface area (Å²) in [6, 6.07) is 8.75. The zero-order valence-electron chi connectivity index (χ0n) is 12.4. The second kappa shape index (κ2) is 6.23. The number of benzene rings is 1. The van der Waals surface area contributed by atoms with Crippen molar-refractivity contribution >= 4 is 11.5 Å². The van der Waals surface area contributed by atoms with Crippen molar-refractivity contribution in [2.75, 3.05) is 11.9 Å². The lowest BCUT2D eigenvalue weighted by atomic mass is 9.86. The zero-order valence-corrected chi connectivity index (χ0v) is 12.4. The fourth-order valence-electron chi connectivity index (χ4n) is 2.93. The van der Waals surface area contributed by atoms with Crippen molar-refractivity contribution in [2.24, 2.45) is 5.92 Å². The molecule has 0 N–H and O–H groups in total. The molecule has 1 aromatic rings. The van der Waals surface area contributed by atoms with Crippen LogP contribution in [-0.2, 0) is 0 Å². The molecule has 0 unspecified atom stereocenters. The highest BCUT2D eigenvalue weighted by Crippen LogP contribution is 2.29. The molecule has 1 aliphatic rings. The standard InChI is InChI=1S/C17H25NO/c1-4-17(19)14-7-11-16(12-8-14)18(3)15-9-5-13(2)6-10-15/h7-8,11-13,15H,4-6,9-10H2,1-3H3. The van der Waals surface area contributed by atoms with Crippen LogP contribution < -0.4 is 4.90 Å². The van der Waals surface area contributed by atoms with Crippen LogP contribution >= 0.6 is 0 Å². The number of Topliss-reactive ketones (excluding diaryl/α,β-unsaturated/α-hetero) is 1. The molecule has 0 radical (unpaired) electrons. The maximum absolute atomic E-state index is 11.6. The van der Waals surface area contributed by atoms with Gasteiger partial charge in [-0.05, 0) is 55.9 Å². The Bertz CT molecular complexity index is 415. The van der Waals surface area contributed by atoms with Crippen LogP contribution in [-0.4, -0.2) is 18.9 Å². The van der Waals surface area contributed by atoms with E-state index in [1.165, 1.54) is 31.4 Å². The van der Waals surface area contributed by atoms with E-state index in [2.05, 4.69) is 31.0 Å². The summed E-state index contributed by atoms with van der Waals surface area (Å²) in [7, 11) is 2.18. The van der Waals surface area contributed by atoms with Crippen LogP contribution in [0.15, 0.2) is 24.3 Å². The Morgan fingerprint density at radius 1 is 1.16 bits per heavy atom. The molecular weight excluding hydrogens is 234 g/mol. The zero-order chi connectivity index (χ0) is 13.8. The van der Waals surface area contributed by atoms with Crippen molar-refractivity contribution in [2.45, 2.75) is 52.0 Å². The number of hydrogen-bond acceptors (Lipinski definition) is 2. The van der Waals surface area contributed by atoms with Crippen LogP contribution in [0.25, 0.3) is 0 Å². The molecule has 1 aliphatic carbocycles. The van der Waals surface area contributed by atoms with Crippen LogP contribution in [0.2, 0.25) is 0 Å². The average molecular weight is 259 g/mol. The van der Waals surface area contributed by atoms with E-state index in [1.54, 1.807) is 0 Å².